The van der Waals surface area contributed by atoms with E-state index in [0.717, 1.165) is 37.6 Å². The number of piperidine rings is 1. The third-order valence-electron chi connectivity index (χ3n) is 4.48. The minimum atomic E-state index is -0.270. The molecule has 3 aliphatic rings. The van der Waals surface area contributed by atoms with Crippen LogP contribution in [0.3, 0.4) is 0 Å². The Morgan fingerprint density at radius 1 is 1.27 bits per heavy atom. The van der Waals surface area contributed by atoms with Crippen molar-refractivity contribution in [1.82, 2.24) is 24.9 Å². The van der Waals surface area contributed by atoms with Crippen molar-refractivity contribution in [3.8, 4) is 0 Å². The average molecular weight is 303 g/mol. The molecule has 116 valence electrons. The Bertz CT molecular complexity index is 663. The Hall–Kier alpha value is -1.86. The number of piperazine rings is 1. The van der Waals surface area contributed by atoms with Crippen molar-refractivity contribution in [2.75, 3.05) is 13.1 Å². The van der Waals surface area contributed by atoms with E-state index in [0.29, 0.717) is 18.0 Å². The Labute approximate surface area is 127 Å². The van der Waals surface area contributed by atoms with E-state index in [-0.39, 0.29) is 5.82 Å². The molecule has 0 saturated carbocycles. The maximum absolute atomic E-state index is 13.2. The van der Waals surface area contributed by atoms with E-state index >= 15 is 0 Å². The second kappa shape index (κ2) is 5.40. The van der Waals surface area contributed by atoms with Crippen molar-refractivity contribution in [3.63, 3.8) is 0 Å². The molecular weight excluding hydrogens is 285 g/mol. The first-order chi connectivity index (χ1) is 10.7. The zero-order valence-electron chi connectivity index (χ0n) is 12.4. The number of nitrogens with zero attached hydrogens (tertiary/aromatic N) is 5. The van der Waals surface area contributed by atoms with Crippen LogP contribution in [0.25, 0.3) is 0 Å². The van der Waals surface area contributed by atoms with Crippen LogP contribution in [-0.4, -0.2) is 50.1 Å². The fraction of sp³-hybridized carbons (Fsp3) is 0.533. The summed E-state index contributed by atoms with van der Waals surface area (Å²) in [5.74, 6) is 1.10. The molecule has 2 atom stereocenters. The van der Waals surface area contributed by atoms with Crippen LogP contribution in [0.5, 0.6) is 0 Å². The lowest BCUT2D eigenvalue weighted by atomic mass is 9.87. The van der Waals surface area contributed by atoms with Gasteiger partial charge in [0.25, 0.3) is 0 Å². The van der Waals surface area contributed by atoms with Crippen molar-refractivity contribution >= 4 is 0 Å². The summed E-state index contributed by atoms with van der Waals surface area (Å²) in [6, 6.07) is 2.62. The fourth-order valence-corrected chi connectivity index (χ4v) is 3.53. The van der Waals surface area contributed by atoms with Gasteiger partial charge in [-0.2, -0.15) is 4.98 Å². The zero-order chi connectivity index (χ0) is 15.1. The largest absolute Gasteiger partial charge is 0.340 e. The van der Waals surface area contributed by atoms with Crippen LogP contribution < -0.4 is 0 Å². The summed E-state index contributed by atoms with van der Waals surface area (Å²) >= 11 is 0. The van der Waals surface area contributed by atoms with E-state index in [9.17, 15) is 4.39 Å². The number of rotatable bonds is 4. The Kier molecular flexibility index (Phi) is 3.38. The van der Waals surface area contributed by atoms with Gasteiger partial charge in [0.15, 0.2) is 5.82 Å². The highest BCUT2D eigenvalue weighted by molar-refractivity contribution is 5.11. The number of aryl methyl sites for hydroxylation is 1. The summed E-state index contributed by atoms with van der Waals surface area (Å²) in [6.45, 7) is 5.30. The van der Waals surface area contributed by atoms with Gasteiger partial charge in [-0.15, -0.1) is 0 Å². The van der Waals surface area contributed by atoms with Crippen molar-refractivity contribution in [2.45, 2.75) is 38.5 Å². The second-order valence-electron chi connectivity index (χ2n) is 6.15. The van der Waals surface area contributed by atoms with Crippen molar-refractivity contribution in [1.29, 1.82) is 0 Å². The first-order valence-electron chi connectivity index (χ1n) is 7.54. The summed E-state index contributed by atoms with van der Waals surface area (Å²) in [4.78, 5) is 13.0. The van der Waals surface area contributed by atoms with Gasteiger partial charge in [0.1, 0.15) is 5.82 Å². The molecule has 3 saturated heterocycles. The van der Waals surface area contributed by atoms with E-state index in [4.69, 9.17) is 4.52 Å². The molecule has 0 aliphatic carbocycles. The number of halogens is 1. The van der Waals surface area contributed by atoms with E-state index < -0.39 is 0 Å². The van der Waals surface area contributed by atoms with Crippen LogP contribution in [0.4, 0.5) is 4.39 Å². The Morgan fingerprint density at radius 2 is 2.09 bits per heavy atom. The van der Waals surface area contributed by atoms with E-state index in [2.05, 4.69) is 24.9 Å². The number of aromatic nitrogens is 3. The molecule has 3 aliphatic heterocycles. The molecule has 6 nitrogen and oxygen atoms in total. The third-order valence-corrected chi connectivity index (χ3v) is 4.48. The van der Waals surface area contributed by atoms with Crippen molar-refractivity contribution < 1.29 is 8.91 Å². The van der Waals surface area contributed by atoms with Crippen LogP contribution in [0.15, 0.2) is 23.0 Å². The van der Waals surface area contributed by atoms with Crippen molar-refractivity contribution in [2.24, 2.45) is 0 Å². The molecule has 5 rings (SSSR count). The van der Waals surface area contributed by atoms with Gasteiger partial charge in [0.05, 0.1) is 12.7 Å². The van der Waals surface area contributed by atoms with Gasteiger partial charge in [-0.25, -0.2) is 4.39 Å². The van der Waals surface area contributed by atoms with E-state index in [1.165, 1.54) is 12.6 Å². The fourth-order valence-electron chi connectivity index (χ4n) is 3.53. The van der Waals surface area contributed by atoms with Gasteiger partial charge in [-0.05, 0) is 18.1 Å². The highest BCUT2D eigenvalue weighted by atomic mass is 19.1. The number of hydrogen-bond donors (Lipinski definition) is 0. The lowest BCUT2D eigenvalue weighted by molar-refractivity contribution is -0.0790. The summed E-state index contributed by atoms with van der Waals surface area (Å²) in [5, 5.41) is 3.97. The Balaban J connectivity index is 1.36. The molecule has 0 N–H and O–H groups in total. The maximum atomic E-state index is 13.2. The van der Waals surface area contributed by atoms with Crippen LogP contribution in [0.2, 0.25) is 0 Å². The molecule has 2 aromatic rings. The molecule has 3 fully saturated rings. The molecule has 5 heterocycles. The molecule has 0 amide bonds. The summed E-state index contributed by atoms with van der Waals surface area (Å²) < 4.78 is 18.2. The van der Waals surface area contributed by atoms with Crippen LogP contribution in [-0.2, 0) is 13.1 Å². The standard InChI is InChI=1S/C15H18FN5O/c1-10-18-15(19-22-10)9-21-13-3-14(21)8-20(7-13)6-11-2-12(16)5-17-4-11/h2,4-5,13-14H,3,6-9H2,1H3. The van der Waals surface area contributed by atoms with Gasteiger partial charge in [0, 0.05) is 44.8 Å². The molecule has 2 unspecified atom stereocenters. The van der Waals surface area contributed by atoms with Gasteiger partial charge in [-0.1, -0.05) is 5.16 Å². The van der Waals surface area contributed by atoms with Gasteiger partial charge >= 0.3 is 0 Å². The molecule has 2 aromatic heterocycles. The quantitative estimate of drug-likeness (QED) is 0.850. The average Bonchev–Trinajstić information content (AvgIpc) is 2.90. The first-order valence-corrected chi connectivity index (χ1v) is 7.54. The number of pyridine rings is 1. The molecule has 0 radical (unpaired) electrons. The smallest absolute Gasteiger partial charge is 0.223 e. The summed E-state index contributed by atoms with van der Waals surface area (Å²) in [5.41, 5.74) is 0.932. The predicted molar refractivity (Wildman–Crippen MR) is 76.2 cm³/mol. The molecule has 7 heteroatoms. The Morgan fingerprint density at radius 3 is 2.77 bits per heavy atom. The highest BCUT2D eigenvalue weighted by Gasteiger charge is 2.44. The van der Waals surface area contributed by atoms with Gasteiger partial charge in [0.2, 0.25) is 5.89 Å². The lowest BCUT2D eigenvalue weighted by Crippen LogP contribution is -2.67. The third kappa shape index (κ3) is 2.62. The van der Waals surface area contributed by atoms with Crippen LogP contribution in [0, 0.1) is 12.7 Å². The minimum absolute atomic E-state index is 0.270. The van der Waals surface area contributed by atoms with Crippen LogP contribution in [0.1, 0.15) is 23.7 Å². The van der Waals surface area contributed by atoms with Crippen LogP contribution >= 0.6 is 0 Å². The van der Waals surface area contributed by atoms with Crippen molar-refractivity contribution in [3.05, 3.63) is 41.6 Å². The number of fused-ring (bicyclic) bond motifs is 2. The predicted octanol–water partition coefficient (Wildman–Crippen LogP) is 1.37. The maximum Gasteiger partial charge on any atom is 0.223 e. The monoisotopic (exact) mass is 303 g/mol. The van der Waals surface area contributed by atoms with E-state index in [1.54, 1.807) is 12.3 Å². The molecule has 22 heavy (non-hydrogen) atoms. The second-order valence-corrected chi connectivity index (χ2v) is 6.15. The molecular formula is C15H18FN5O. The minimum Gasteiger partial charge on any atom is -0.340 e. The number of hydrogen-bond acceptors (Lipinski definition) is 6. The molecule has 0 spiro atoms. The van der Waals surface area contributed by atoms with Gasteiger partial charge in [-0.3, -0.25) is 14.8 Å². The molecule has 2 bridgehead atoms. The lowest BCUT2D eigenvalue weighted by Gasteiger charge is -2.56. The zero-order valence-corrected chi connectivity index (χ0v) is 12.4. The normalized spacial score (nSPS) is 25.2. The summed E-state index contributed by atoms with van der Waals surface area (Å²) in [6.07, 6.45) is 4.20. The molecule has 0 aromatic carbocycles. The SMILES string of the molecule is Cc1nc(CN2C3CC2CN(Cc2cncc(F)c2)C3)no1. The highest BCUT2D eigenvalue weighted by Crippen LogP contribution is 2.33. The van der Waals surface area contributed by atoms with Gasteiger partial charge < -0.3 is 4.52 Å². The topological polar surface area (TPSA) is 58.3 Å². The first kappa shape index (κ1) is 13.8. The van der Waals surface area contributed by atoms with E-state index in [1.807, 2.05) is 6.92 Å². The summed E-state index contributed by atoms with van der Waals surface area (Å²) in [7, 11) is 0.